The standard InChI is InChI=1S/C15H22FN2.C2H6.K/c1-5-13(15(18-4)10(2)3)14(17)11-6-8-12(16)9-7-11;1-2;/h6-10,14H,5,17H2,1-4H3;1-2H3;/q-1;;+1/b15-13-;;. The second-order valence-electron chi connectivity index (χ2n) is 4.67. The minimum Gasteiger partial charge on any atom is -0.690 e. The molecule has 1 aromatic carbocycles. The van der Waals surface area contributed by atoms with E-state index in [9.17, 15) is 4.39 Å². The minimum absolute atomic E-state index is 0. The molecule has 1 unspecified atom stereocenters. The van der Waals surface area contributed by atoms with Crippen molar-refractivity contribution < 1.29 is 55.8 Å². The van der Waals surface area contributed by atoms with Crippen molar-refractivity contribution in [1.29, 1.82) is 0 Å². The van der Waals surface area contributed by atoms with Crippen LogP contribution in [0.15, 0.2) is 35.5 Å². The molecule has 0 aliphatic carbocycles. The Morgan fingerprint density at radius 2 is 1.67 bits per heavy atom. The van der Waals surface area contributed by atoms with Crippen LogP contribution in [0.3, 0.4) is 0 Å². The molecule has 0 aromatic heterocycles. The molecule has 0 aliphatic heterocycles. The maximum Gasteiger partial charge on any atom is 1.00 e. The third-order valence-electron chi connectivity index (χ3n) is 3.10. The molecule has 21 heavy (non-hydrogen) atoms. The number of hydrogen-bond donors (Lipinski definition) is 1. The summed E-state index contributed by atoms with van der Waals surface area (Å²) in [7, 11) is 1.79. The molecular formula is C17H28FKN2. The average Bonchev–Trinajstić information content (AvgIpc) is 2.46. The Morgan fingerprint density at radius 1 is 1.19 bits per heavy atom. The SMILES string of the molecule is CC.CC/C(=C(/[N-]C)C(C)C)C(N)c1ccc(F)cc1.[K+]. The topological polar surface area (TPSA) is 40.1 Å². The van der Waals surface area contributed by atoms with Gasteiger partial charge in [-0.25, -0.2) is 4.39 Å². The van der Waals surface area contributed by atoms with Crippen LogP contribution in [0.25, 0.3) is 5.32 Å². The van der Waals surface area contributed by atoms with Crippen molar-refractivity contribution in [3.63, 3.8) is 0 Å². The van der Waals surface area contributed by atoms with Crippen LogP contribution in [0.2, 0.25) is 0 Å². The van der Waals surface area contributed by atoms with Gasteiger partial charge < -0.3 is 11.1 Å². The van der Waals surface area contributed by atoms with E-state index in [2.05, 4.69) is 26.1 Å². The van der Waals surface area contributed by atoms with Crippen LogP contribution >= 0.6 is 0 Å². The van der Waals surface area contributed by atoms with Gasteiger partial charge in [-0.1, -0.05) is 52.3 Å². The van der Waals surface area contributed by atoms with E-state index >= 15 is 0 Å². The Bertz CT molecular complexity index is 413. The number of nitrogens with zero attached hydrogens (tertiary/aromatic N) is 1. The van der Waals surface area contributed by atoms with E-state index in [4.69, 9.17) is 5.73 Å². The summed E-state index contributed by atoms with van der Waals surface area (Å²) >= 11 is 0. The molecule has 4 heteroatoms. The van der Waals surface area contributed by atoms with Crippen LogP contribution in [0.4, 0.5) is 4.39 Å². The molecule has 0 spiro atoms. The van der Waals surface area contributed by atoms with E-state index in [1.54, 1.807) is 19.2 Å². The quantitative estimate of drug-likeness (QED) is 0.831. The van der Waals surface area contributed by atoms with E-state index in [-0.39, 0.29) is 63.2 Å². The Hall–Kier alpha value is 0.286. The molecule has 0 saturated carbocycles. The Balaban J connectivity index is 0. The van der Waals surface area contributed by atoms with Crippen molar-refractivity contribution in [2.75, 3.05) is 7.05 Å². The maximum absolute atomic E-state index is 12.9. The van der Waals surface area contributed by atoms with E-state index in [1.807, 2.05) is 13.8 Å². The summed E-state index contributed by atoms with van der Waals surface area (Å²) in [5.74, 6) is 0.105. The van der Waals surface area contributed by atoms with Crippen molar-refractivity contribution in [1.82, 2.24) is 0 Å². The molecule has 0 saturated heterocycles. The molecule has 1 aromatic rings. The Labute approximate surface area is 172 Å². The fraction of sp³-hybridized carbons (Fsp3) is 0.529. The maximum atomic E-state index is 12.9. The normalized spacial score (nSPS) is 12.6. The van der Waals surface area contributed by atoms with Gasteiger partial charge in [-0.15, -0.1) is 7.05 Å². The molecule has 0 radical (unpaired) electrons. The summed E-state index contributed by atoms with van der Waals surface area (Å²) in [6.07, 6.45) is 0.851. The summed E-state index contributed by atoms with van der Waals surface area (Å²) in [6, 6.07) is 6.16. The molecule has 2 nitrogen and oxygen atoms in total. The van der Waals surface area contributed by atoms with Gasteiger partial charge in [-0.05, 0) is 30.0 Å². The van der Waals surface area contributed by atoms with Crippen LogP contribution in [0.5, 0.6) is 0 Å². The van der Waals surface area contributed by atoms with E-state index in [0.29, 0.717) is 5.92 Å². The zero-order valence-corrected chi connectivity index (χ0v) is 17.7. The van der Waals surface area contributed by atoms with Gasteiger partial charge in [0.2, 0.25) is 0 Å². The molecule has 0 aliphatic rings. The number of allylic oxidation sites excluding steroid dienone is 1. The number of halogens is 1. The fourth-order valence-electron chi connectivity index (χ4n) is 2.20. The van der Waals surface area contributed by atoms with Gasteiger partial charge in [0.05, 0.1) is 0 Å². The third-order valence-corrected chi connectivity index (χ3v) is 3.10. The van der Waals surface area contributed by atoms with Gasteiger partial charge in [-0.2, -0.15) is 5.70 Å². The predicted octanol–water partition coefficient (Wildman–Crippen LogP) is 2.18. The molecule has 1 rings (SSSR count). The summed E-state index contributed by atoms with van der Waals surface area (Å²) < 4.78 is 12.9. The molecular weight excluding hydrogens is 290 g/mol. The number of hydrogen-bond acceptors (Lipinski definition) is 1. The molecule has 1 atom stereocenters. The molecule has 0 fully saturated rings. The molecule has 0 heterocycles. The summed E-state index contributed by atoms with van der Waals surface area (Å²) in [5.41, 5.74) is 9.37. The van der Waals surface area contributed by atoms with Crippen LogP contribution in [0, 0.1) is 11.7 Å². The summed E-state index contributed by atoms with van der Waals surface area (Å²) in [4.78, 5) is 0. The molecule has 114 valence electrons. The first-order valence-corrected chi connectivity index (χ1v) is 7.35. The van der Waals surface area contributed by atoms with Gasteiger partial charge in [0.25, 0.3) is 0 Å². The van der Waals surface area contributed by atoms with Crippen LogP contribution in [-0.2, 0) is 0 Å². The largest absolute Gasteiger partial charge is 1.00 e. The van der Waals surface area contributed by atoms with Crippen LogP contribution < -0.4 is 57.1 Å². The third kappa shape index (κ3) is 7.40. The van der Waals surface area contributed by atoms with E-state index in [0.717, 1.165) is 23.3 Å². The number of nitrogens with two attached hydrogens (primary N) is 1. The Morgan fingerprint density at radius 3 is 2.00 bits per heavy atom. The van der Waals surface area contributed by atoms with Crippen molar-refractivity contribution >= 4 is 0 Å². The molecule has 0 bridgehead atoms. The molecule has 2 N–H and O–H groups in total. The first-order valence-electron chi connectivity index (χ1n) is 7.35. The van der Waals surface area contributed by atoms with E-state index in [1.165, 1.54) is 12.1 Å². The summed E-state index contributed by atoms with van der Waals surface area (Å²) in [5, 5.41) is 4.35. The summed E-state index contributed by atoms with van der Waals surface area (Å²) in [6.45, 7) is 10.3. The van der Waals surface area contributed by atoms with Gasteiger partial charge >= 0.3 is 51.4 Å². The van der Waals surface area contributed by atoms with E-state index < -0.39 is 0 Å². The Kier molecular flexibility index (Phi) is 14.3. The number of benzene rings is 1. The van der Waals surface area contributed by atoms with Gasteiger partial charge in [-0.3, -0.25) is 0 Å². The van der Waals surface area contributed by atoms with Gasteiger partial charge in [0, 0.05) is 6.04 Å². The van der Waals surface area contributed by atoms with Crippen molar-refractivity contribution in [2.24, 2.45) is 11.7 Å². The average molecular weight is 319 g/mol. The van der Waals surface area contributed by atoms with Gasteiger partial charge in [0.1, 0.15) is 5.82 Å². The van der Waals surface area contributed by atoms with Crippen molar-refractivity contribution in [3.8, 4) is 0 Å². The van der Waals surface area contributed by atoms with Crippen LogP contribution in [0.1, 0.15) is 52.6 Å². The fourth-order valence-corrected chi connectivity index (χ4v) is 2.20. The monoisotopic (exact) mass is 318 g/mol. The second-order valence-corrected chi connectivity index (χ2v) is 4.67. The predicted molar refractivity (Wildman–Crippen MR) is 86.1 cm³/mol. The minimum atomic E-state index is -0.239. The zero-order valence-electron chi connectivity index (χ0n) is 14.6. The first-order chi connectivity index (χ1) is 9.51. The van der Waals surface area contributed by atoms with Gasteiger partial charge in [0.15, 0.2) is 0 Å². The second kappa shape index (κ2) is 12.8. The van der Waals surface area contributed by atoms with Crippen LogP contribution in [-0.4, -0.2) is 7.05 Å². The van der Waals surface area contributed by atoms with Crippen molar-refractivity contribution in [2.45, 2.75) is 47.1 Å². The molecule has 0 amide bonds. The van der Waals surface area contributed by atoms with Crippen molar-refractivity contribution in [3.05, 3.63) is 52.2 Å². The smallest absolute Gasteiger partial charge is 0.690 e. The number of rotatable bonds is 5. The first kappa shape index (κ1) is 23.6. The zero-order chi connectivity index (χ0) is 15.7.